The van der Waals surface area contributed by atoms with Gasteiger partial charge in [-0.1, -0.05) is 0 Å². The van der Waals surface area contributed by atoms with E-state index >= 15 is 0 Å². The van der Waals surface area contributed by atoms with Crippen molar-refractivity contribution in [2.75, 3.05) is 24.5 Å². The minimum atomic E-state index is -0.458. The Labute approximate surface area is 149 Å². The van der Waals surface area contributed by atoms with E-state index in [4.69, 9.17) is 0 Å². The summed E-state index contributed by atoms with van der Waals surface area (Å²) in [4.78, 5) is 29.0. The smallest absolute Gasteiger partial charge is 0.282 e. The van der Waals surface area contributed by atoms with E-state index in [2.05, 4.69) is 16.3 Å². The fourth-order valence-corrected chi connectivity index (χ4v) is 4.50. The van der Waals surface area contributed by atoms with Crippen molar-refractivity contribution in [3.8, 4) is 0 Å². The van der Waals surface area contributed by atoms with Gasteiger partial charge in [-0.2, -0.15) is 0 Å². The molecule has 3 heterocycles. The molecule has 130 valence electrons. The van der Waals surface area contributed by atoms with E-state index in [0.29, 0.717) is 13.1 Å². The van der Waals surface area contributed by atoms with Gasteiger partial charge in [-0.3, -0.25) is 14.9 Å². The predicted molar refractivity (Wildman–Crippen MR) is 97.3 cm³/mol. The zero-order valence-electron chi connectivity index (χ0n) is 13.8. The molecule has 2 aliphatic rings. The number of amides is 1. The number of hydrogen-bond donors (Lipinski definition) is 0. The Kier molecular flexibility index (Phi) is 4.17. The van der Waals surface area contributed by atoms with Crippen LogP contribution in [0.1, 0.15) is 33.6 Å². The molecule has 1 saturated heterocycles. The Morgan fingerprint density at radius 3 is 2.72 bits per heavy atom. The van der Waals surface area contributed by atoms with Gasteiger partial charge in [0.25, 0.3) is 11.6 Å². The third-order valence-electron chi connectivity index (χ3n) is 4.97. The highest BCUT2D eigenvalue weighted by Gasteiger charge is 2.28. The fraction of sp³-hybridized carbons (Fsp3) is 0.389. The molecule has 2 aliphatic heterocycles. The summed E-state index contributed by atoms with van der Waals surface area (Å²) in [6.07, 6.45) is 2.90. The van der Waals surface area contributed by atoms with Gasteiger partial charge < -0.3 is 9.80 Å². The average Bonchev–Trinajstić information content (AvgIpc) is 3.31. The number of carbonyl (C=O) groups is 1. The van der Waals surface area contributed by atoms with Gasteiger partial charge in [0, 0.05) is 42.8 Å². The van der Waals surface area contributed by atoms with Crippen molar-refractivity contribution < 1.29 is 9.72 Å². The number of hydrogen-bond acceptors (Lipinski definition) is 5. The first-order valence-corrected chi connectivity index (χ1v) is 9.39. The monoisotopic (exact) mass is 357 g/mol. The van der Waals surface area contributed by atoms with Crippen molar-refractivity contribution in [3.05, 3.63) is 55.8 Å². The van der Waals surface area contributed by atoms with Crippen molar-refractivity contribution >= 4 is 28.6 Å². The maximum absolute atomic E-state index is 12.8. The minimum absolute atomic E-state index is 0.103. The largest absolute Gasteiger partial charge is 0.367 e. The molecule has 4 rings (SSSR count). The van der Waals surface area contributed by atoms with Gasteiger partial charge in [0.1, 0.15) is 5.56 Å². The predicted octanol–water partition coefficient (Wildman–Crippen LogP) is 3.46. The van der Waals surface area contributed by atoms with Gasteiger partial charge in [-0.15, -0.1) is 11.3 Å². The van der Waals surface area contributed by atoms with Crippen molar-refractivity contribution in [2.45, 2.75) is 25.8 Å². The topological polar surface area (TPSA) is 66.7 Å². The van der Waals surface area contributed by atoms with E-state index in [1.807, 2.05) is 0 Å². The number of thiophene rings is 1. The summed E-state index contributed by atoms with van der Waals surface area (Å²) in [5, 5.41) is 13.5. The van der Waals surface area contributed by atoms with Crippen molar-refractivity contribution in [3.63, 3.8) is 0 Å². The minimum Gasteiger partial charge on any atom is -0.367 e. The Bertz CT molecular complexity index is 827. The van der Waals surface area contributed by atoms with Crippen LogP contribution in [0.15, 0.2) is 29.6 Å². The second-order valence-electron chi connectivity index (χ2n) is 6.50. The van der Waals surface area contributed by atoms with Gasteiger partial charge >= 0.3 is 0 Å². The van der Waals surface area contributed by atoms with E-state index in [9.17, 15) is 14.9 Å². The third-order valence-corrected chi connectivity index (χ3v) is 6.00. The van der Waals surface area contributed by atoms with Gasteiger partial charge in [-0.05, 0) is 48.4 Å². The molecule has 1 aromatic heterocycles. The lowest BCUT2D eigenvalue weighted by Crippen LogP contribution is -2.31. The van der Waals surface area contributed by atoms with Crippen LogP contribution in [0, 0.1) is 10.1 Å². The molecular formula is C18H19N3O3S. The summed E-state index contributed by atoms with van der Waals surface area (Å²) in [6.45, 7) is 3.01. The molecule has 0 radical (unpaired) electrons. The summed E-state index contributed by atoms with van der Waals surface area (Å²) in [5.74, 6) is -0.223. The average molecular weight is 357 g/mol. The maximum Gasteiger partial charge on any atom is 0.282 e. The van der Waals surface area contributed by atoms with E-state index in [-0.39, 0.29) is 17.2 Å². The quantitative estimate of drug-likeness (QED) is 0.623. The van der Waals surface area contributed by atoms with Crippen molar-refractivity contribution in [1.82, 2.24) is 4.90 Å². The zero-order valence-corrected chi connectivity index (χ0v) is 14.6. The molecular weight excluding hydrogens is 338 g/mol. The summed E-state index contributed by atoms with van der Waals surface area (Å²) in [6, 6.07) is 7.07. The lowest BCUT2D eigenvalue weighted by molar-refractivity contribution is -0.385. The normalized spacial score (nSPS) is 16.8. The van der Waals surface area contributed by atoms with Crippen LogP contribution in [0.5, 0.6) is 0 Å². The Morgan fingerprint density at radius 1 is 1.16 bits per heavy atom. The van der Waals surface area contributed by atoms with Crippen LogP contribution in [0.25, 0.3) is 0 Å². The highest BCUT2D eigenvalue weighted by atomic mass is 32.1. The summed E-state index contributed by atoms with van der Waals surface area (Å²) < 4.78 is 0. The first-order chi connectivity index (χ1) is 12.1. The van der Waals surface area contributed by atoms with Crippen LogP contribution in [0.4, 0.5) is 11.4 Å². The Balaban J connectivity index is 1.67. The maximum atomic E-state index is 12.8. The van der Waals surface area contributed by atoms with Gasteiger partial charge in [0.2, 0.25) is 0 Å². The molecule has 0 N–H and O–H groups in total. The fourth-order valence-electron chi connectivity index (χ4n) is 3.61. The summed E-state index contributed by atoms with van der Waals surface area (Å²) in [7, 11) is 0. The molecule has 1 amide bonds. The molecule has 2 aromatic rings. The number of carbonyl (C=O) groups excluding carboxylic acids is 1. The molecule has 0 unspecified atom stereocenters. The number of benzene rings is 1. The van der Waals surface area contributed by atoms with Crippen LogP contribution in [0.3, 0.4) is 0 Å². The van der Waals surface area contributed by atoms with Crippen LogP contribution in [-0.4, -0.2) is 35.4 Å². The molecule has 0 bridgehead atoms. The number of fused-ring (bicyclic) bond motifs is 1. The number of likely N-dealkylation sites (tertiary alicyclic amines) is 1. The zero-order chi connectivity index (χ0) is 17.4. The van der Waals surface area contributed by atoms with E-state index in [1.54, 1.807) is 28.4 Å². The number of nitrogens with zero attached hydrogens (tertiary/aromatic N) is 3. The number of nitro benzene ring substituents is 1. The standard InChI is InChI=1S/C18H19N3O3S/c22-18(19-7-1-2-8-19)15-11-14(3-4-16(15)21(23)24)20-9-5-17-13(12-20)6-10-25-17/h3-4,6,10-11H,1-2,5,7-9,12H2. The summed E-state index contributed by atoms with van der Waals surface area (Å²) >= 11 is 1.78. The number of anilines is 1. The first kappa shape index (κ1) is 16.1. The molecule has 1 fully saturated rings. The molecule has 6 nitrogen and oxygen atoms in total. The van der Waals surface area contributed by atoms with Gasteiger partial charge in [0.05, 0.1) is 4.92 Å². The third kappa shape index (κ3) is 3.00. The lowest BCUT2D eigenvalue weighted by atomic mass is 10.1. The lowest BCUT2D eigenvalue weighted by Gasteiger charge is -2.29. The molecule has 0 aliphatic carbocycles. The van der Waals surface area contributed by atoms with Gasteiger partial charge in [-0.25, -0.2) is 0 Å². The van der Waals surface area contributed by atoms with E-state index in [1.165, 1.54) is 16.5 Å². The SMILES string of the molecule is O=C(c1cc(N2CCc3sccc3C2)ccc1[N+](=O)[O-])N1CCCC1. The second kappa shape index (κ2) is 6.48. The summed E-state index contributed by atoms with van der Waals surface area (Å²) in [5.41, 5.74) is 2.29. The van der Waals surface area contributed by atoms with E-state index in [0.717, 1.165) is 38.0 Å². The molecule has 0 spiro atoms. The number of nitro groups is 1. The molecule has 0 atom stereocenters. The van der Waals surface area contributed by atoms with Crippen molar-refractivity contribution in [2.24, 2.45) is 0 Å². The van der Waals surface area contributed by atoms with Crippen molar-refractivity contribution in [1.29, 1.82) is 0 Å². The molecule has 25 heavy (non-hydrogen) atoms. The van der Waals surface area contributed by atoms with Crippen LogP contribution in [0.2, 0.25) is 0 Å². The molecule has 0 saturated carbocycles. The van der Waals surface area contributed by atoms with E-state index < -0.39 is 4.92 Å². The highest BCUT2D eigenvalue weighted by Crippen LogP contribution is 2.31. The number of rotatable bonds is 3. The Morgan fingerprint density at radius 2 is 1.96 bits per heavy atom. The van der Waals surface area contributed by atoms with Gasteiger partial charge in [0.15, 0.2) is 0 Å². The highest BCUT2D eigenvalue weighted by molar-refractivity contribution is 7.10. The Hall–Kier alpha value is -2.41. The second-order valence-corrected chi connectivity index (χ2v) is 7.50. The molecule has 7 heteroatoms. The first-order valence-electron chi connectivity index (χ1n) is 8.51. The van der Waals surface area contributed by atoms with Crippen LogP contribution >= 0.6 is 11.3 Å². The van der Waals surface area contributed by atoms with Crippen LogP contribution in [-0.2, 0) is 13.0 Å². The van der Waals surface area contributed by atoms with Crippen LogP contribution < -0.4 is 4.90 Å². The molecule has 1 aromatic carbocycles.